The molecule has 2 N–H and O–H groups in total. The lowest BCUT2D eigenvalue weighted by atomic mass is 10.0. The quantitative estimate of drug-likeness (QED) is 0.832. The Morgan fingerprint density at radius 2 is 2.00 bits per heavy atom. The van der Waals surface area contributed by atoms with Crippen molar-refractivity contribution in [1.29, 1.82) is 0 Å². The first-order chi connectivity index (χ1) is 9.35. The highest BCUT2D eigenvalue weighted by Crippen LogP contribution is 2.19. The molecule has 0 bridgehead atoms. The number of carbonyl (C=O) groups excluding carboxylic acids is 1. The van der Waals surface area contributed by atoms with E-state index in [-0.39, 0.29) is 18.2 Å². The zero-order valence-electron chi connectivity index (χ0n) is 12.3. The number of ether oxygens (including phenoxy) is 1. The number of methoxy groups -OCH3 is 1. The summed E-state index contributed by atoms with van der Waals surface area (Å²) in [5, 5.41) is 11.6. The van der Waals surface area contributed by atoms with E-state index in [2.05, 4.69) is 5.32 Å². The molecule has 5 heteroatoms. The van der Waals surface area contributed by atoms with Gasteiger partial charge in [-0.25, -0.2) is 4.79 Å². The lowest BCUT2D eigenvalue weighted by Gasteiger charge is -2.18. The summed E-state index contributed by atoms with van der Waals surface area (Å²) in [5.74, 6) is -0.773. The van der Waals surface area contributed by atoms with E-state index in [1.165, 1.54) is 0 Å². The van der Waals surface area contributed by atoms with Gasteiger partial charge in [-0.3, -0.25) is 4.79 Å². The van der Waals surface area contributed by atoms with E-state index in [9.17, 15) is 9.59 Å². The van der Waals surface area contributed by atoms with Crippen molar-refractivity contribution in [1.82, 2.24) is 5.32 Å². The Labute approximate surface area is 118 Å². The number of amides is 1. The van der Waals surface area contributed by atoms with Gasteiger partial charge in [0.2, 0.25) is 5.91 Å². The minimum atomic E-state index is -1.02. The molecule has 1 aromatic carbocycles. The second-order valence-corrected chi connectivity index (χ2v) is 5.11. The largest absolute Gasteiger partial charge is 0.496 e. The van der Waals surface area contributed by atoms with Crippen LogP contribution in [0, 0.1) is 12.8 Å². The maximum atomic E-state index is 11.9. The number of aryl methyl sites for hydroxylation is 1. The number of carboxylic acid groups (broad SMARTS) is 1. The third kappa shape index (κ3) is 4.26. The van der Waals surface area contributed by atoms with Crippen molar-refractivity contribution < 1.29 is 19.4 Å². The average molecular weight is 279 g/mol. The normalized spacial score (nSPS) is 12.1. The lowest BCUT2D eigenvalue weighted by molar-refractivity contribution is -0.143. The van der Waals surface area contributed by atoms with E-state index in [0.717, 1.165) is 11.1 Å². The van der Waals surface area contributed by atoms with Gasteiger partial charge in [0.25, 0.3) is 0 Å². The van der Waals surface area contributed by atoms with Crippen LogP contribution in [0.3, 0.4) is 0 Å². The smallest absolute Gasteiger partial charge is 0.326 e. The molecule has 0 aliphatic rings. The molecule has 0 aliphatic carbocycles. The fourth-order valence-corrected chi connectivity index (χ4v) is 1.90. The highest BCUT2D eigenvalue weighted by molar-refractivity contribution is 5.85. The van der Waals surface area contributed by atoms with Crippen LogP contribution in [0.1, 0.15) is 25.0 Å². The molecule has 0 fully saturated rings. The number of nitrogens with one attached hydrogen (secondary N) is 1. The molecular formula is C15H21NO4. The van der Waals surface area contributed by atoms with Gasteiger partial charge in [-0.15, -0.1) is 0 Å². The van der Waals surface area contributed by atoms with Crippen LogP contribution in [0.15, 0.2) is 18.2 Å². The van der Waals surface area contributed by atoms with Gasteiger partial charge in [0.1, 0.15) is 11.8 Å². The van der Waals surface area contributed by atoms with Crippen molar-refractivity contribution in [3.63, 3.8) is 0 Å². The van der Waals surface area contributed by atoms with Crippen LogP contribution in [-0.2, 0) is 16.0 Å². The van der Waals surface area contributed by atoms with Crippen LogP contribution in [0.25, 0.3) is 0 Å². The fourth-order valence-electron chi connectivity index (χ4n) is 1.90. The van der Waals surface area contributed by atoms with Crippen molar-refractivity contribution in [2.24, 2.45) is 5.92 Å². The monoisotopic (exact) mass is 279 g/mol. The predicted octanol–water partition coefficient (Wildman–Crippen LogP) is 1.77. The van der Waals surface area contributed by atoms with Crippen molar-refractivity contribution in [2.75, 3.05) is 7.11 Å². The molecule has 0 aromatic heterocycles. The summed E-state index contributed by atoms with van der Waals surface area (Å²) in [4.78, 5) is 22.9. The first kappa shape index (κ1) is 16.0. The number of carbonyl (C=O) groups is 2. The molecule has 0 radical (unpaired) electrons. The molecule has 1 amide bonds. The number of carboxylic acids is 1. The molecule has 1 rings (SSSR count). The molecule has 1 aromatic rings. The Morgan fingerprint density at radius 3 is 2.50 bits per heavy atom. The van der Waals surface area contributed by atoms with Gasteiger partial charge in [0, 0.05) is 0 Å². The SMILES string of the molecule is COc1cc(CC(=O)NC(C(=O)O)C(C)C)ccc1C. The highest BCUT2D eigenvalue weighted by Gasteiger charge is 2.23. The van der Waals surface area contributed by atoms with Crippen LogP contribution in [0.2, 0.25) is 0 Å². The van der Waals surface area contributed by atoms with Gasteiger partial charge < -0.3 is 15.2 Å². The fraction of sp³-hybridized carbons (Fsp3) is 0.467. The molecule has 0 saturated heterocycles. The molecule has 20 heavy (non-hydrogen) atoms. The Morgan fingerprint density at radius 1 is 1.35 bits per heavy atom. The van der Waals surface area contributed by atoms with Crippen molar-refractivity contribution >= 4 is 11.9 Å². The number of hydrogen-bond acceptors (Lipinski definition) is 3. The lowest BCUT2D eigenvalue weighted by Crippen LogP contribution is -2.44. The minimum absolute atomic E-state index is 0.132. The molecule has 5 nitrogen and oxygen atoms in total. The number of hydrogen-bond donors (Lipinski definition) is 2. The molecule has 110 valence electrons. The molecule has 0 heterocycles. The Bertz CT molecular complexity index is 497. The third-order valence-corrected chi connectivity index (χ3v) is 3.09. The van der Waals surface area contributed by atoms with Crippen molar-refractivity contribution in [3.05, 3.63) is 29.3 Å². The third-order valence-electron chi connectivity index (χ3n) is 3.09. The number of rotatable bonds is 6. The van der Waals surface area contributed by atoms with Crippen LogP contribution in [0.4, 0.5) is 0 Å². The first-order valence-electron chi connectivity index (χ1n) is 6.50. The minimum Gasteiger partial charge on any atom is -0.496 e. The summed E-state index contributed by atoms with van der Waals surface area (Å²) < 4.78 is 5.20. The van der Waals surface area contributed by atoms with Gasteiger partial charge >= 0.3 is 5.97 Å². The molecule has 0 aliphatic heterocycles. The van der Waals surface area contributed by atoms with E-state index in [1.54, 1.807) is 27.0 Å². The zero-order chi connectivity index (χ0) is 15.3. The van der Waals surface area contributed by atoms with E-state index >= 15 is 0 Å². The van der Waals surface area contributed by atoms with Crippen LogP contribution in [-0.4, -0.2) is 30.1 Å². The Hall–Kier alpha value is -2.04. The van der Waals surface area contributed by atoms with Gasteiger partial charge in [0.05, 0.1) is 13.5 Å². The first-order valence-corrected chi connectivity index (χ1v) is 6.50. The molecule has 0 saturated carbocycles. The second kappa shape index (κ2) is 6.93. The highest BCUT2D eigenvalue weighted by atomic mass is 16.5. The second-order valence-electron chi connectivity index (χ2n) is 5.11. The average Bonchev–Trinajstić information content (AvgIpc) is 2.37. The van der Waals surface area contributed by atoms with E-state index in [1.807, 2.05) is 19.1 Å². The Balaban J connectivity index is 2.73. The molecule has 1 unspecified atom stereocenters. The van der Waals surface area contributed by atoms with Gasteiger partial charge in [-0.2, -0.15) is 0 Å². The number of aliphatic carboxylic acids is 1. The zero-order valence-corrected chi connectivity index (χ0v) is 12.3. The molecule has 0 spiro atoms. The van der Waals surface area contributed by atoms with Crippen molar-refractivity contribution in [3.8, 4) is 5.75 Å². The summed E-state index contributed by atoms with van der Waals surface area (Å²) >= 11 is 0. The van der Waals surface area contributed by atoms with Gasteiger partial charge in [0.15, 0.2) is 0 Å². The summed E-state index contributed by atoms with van der Waals surface area (Å²) in [5.41, 5.74) is 1.78. The summed E-state index contributed by atoms with van der Waals surface area (Å²) in [6.07, 6.45) is 0.132. The number of benzene rings is 1. The van der Waals surface area contributed by atoms with Crippen LogP contribution >= 0.6 is 0 Å². The predicted molar refractivity (Wildman–Crippen MR) is 75.8 cm³/mol. The topological polar surface area (TPSA) is 75.6 Å². The van der Waals surface area contributed by atoms with Crippen molar-refractivity contribution in [2.45, 2.75) is 33.2 Å². The van der Waals surface area contributed by atoms with Crippen LogP contribution < -0.4 is 10.1 Å². The molecular weight excluding hydrogens is 258 g/mol. The van der Waals surface area contributed by atoms with E-state index in [4.69, 9.17) is 9.84 Å². The Kier molecular flexibility index (Phi) is 5.55. The van der Waals surface area contributed by atoms with Crippen LogP contribution in [0.5, 0.6) is 5.75 Å². The van der Waals surface area contributed by atoms with E-state index in [0.29, 0.717) is 5.75 Å². The standard InChI is InChI=1S/C15H21NO4/c1-9(2)14(15(18)19)16-13(17)8-11-6-5-10(3)12(7-11)20-4/h5-7,9,14H,8H2,1-4H3,(H,16,17)(H,18,19). The summed E-state index contributed by atoms with van der Waals surface area (Å²) in [6.45, 7) is 5.43. The van der Waals surface area contributed by atoms with Gasteiger partial charge in [-0.1, -0.05) is 26.0 Å². The maximum absolute atomic E-state index is 11.9. The summed E-state index contributed by atoms with van der Waals surface area (Å²) in [7, 11) is 1.57. The van der Waals surface area contributed by atoms with E-state index < -0.39 is 12.0 Å². The maximum Gasteiger partial charge on any atom is 0.326 e. The van der Waals surface area contributed by atoms with Gasteiger partial charge in [-0.05, 0) is 30.0 Å². The molecule has 1 atom stereocenters. The summed E-state index contributed by atoms with van der Waals surface area (Å²) in [6, 6.07) is 4.64.